The number of hydrogen-bond donors (Lipinski definition) is 1. The first-order valence-corrected chi connectivity index (χ1v) is 7.26. The fourth-order valence-corrected chi connectivity index (χ4v) is 2.09. The Morgan fingerprint density at radius 1 is 1.17 bits per heavy atom. The first kappa shape index (κ1) is 17.0. The summed E-state index contributed by atoms with van der Waals surface area (Å²) in [4.78, 5) is 10.8. The van der Waals surface area contributed by atoms with Crippen LogP contribution in [0.4, 0.5) is 4.39 Å². The van der Waals surface area contributed by atoms with E-state index in [9.17, 15) is 14.3 Å². The van der Waals surface area contributed by atoms with Gasteiger partial charge in [0.05, 0.1) is 12.2 Å². The Labute approximate surface area is 134 Å². The molecule has 0 aromatic heterocycles. The van der Waals surface area contributed by atoms with Crippen LogP contribution in [0.1, 0.15) is 25.8 Å². The maximum atomic E-state index is 13.1. The van der Waals surface area contributed by atoms with Crippen LogP contribution in [-0.4, -0.2) is 17.7 Å². The smallest absolute Gasteiger partial charge is 0.302 e. The van der Waals surface area contributed by atoms with Crippen molar-refractivity contribution in [1.82, 2.24) is 0 Å². The summed E-state index contributed by atoms with van der Waals surface area (Å²) in [6, 6.07) is 12.7. The van der Waals surface area contributed by atoms with E-state index in [2.05, 4.69) is 0 Å². The van der Waals surface area contributed by atoms with Gasteiger partial charge in [0.1, 0.15) is 17.3 Å². The molecule has 0 heterocycles. The van der Waals surface area contributed by atoms with Crippen LogP contribution >= 0.6 is 0 Å². The summed E-state index contributed by atoms with van der Waals surface area (Å²) in [7, 11) is 0. The van der Waals surface area contributed by atoms with Gasteiger partial charge in [-0.2, -0.15) is 0 Å². The van der Waals surface area contributed by atoms with E-state index in [1.54, 1.807) is 43.3 Å². The number of halogens is 1. The van der Waals surface area contributed by atoms with Gasteiger partial charge in [-0.3, -0.25) is 4.79 Å². The highest BCUT2D eigenvalue weighted by molar-refractivity contribution is 5.65. The molecule has 0 amide bonds. The van der Waals surface area contributed by atoms with Crippen LogP contribution in [0, 0.1) is 5.82 Å². The van der Waals surface area contributed by atoms with Gasteiger partial charge in [0.15, 0.2) is 0 Å². The molecule has 0 aliphatic heterocycles. The van der Waals surface area contributed by atoms with Gasteiger partial charge in [-0.25, -0.2) is 4.39 Å². The fourth-order valence-electron chi connectivity index (χ4n) is 2.09. The van der Waals surface area contributed by atoms with Crippen molar-refractivity contribution in [2.24, 2.45) is 0 Å². The minimum atomic E-state index is -1.12. The van der Waals surface area contributed by atoms with E-state index in [1.807, 2.05) is 0 Å². The summed E-state index contributed by atoms with van der Waals surface area (Å²) < 4.78 is 23.5. The number of rotatable bonds is 6. The summed E-state index contributed by atoms with van der Waals surface area (Å²) in [6.45, 7) is 3.12. The normalized spacial score (nSPS) is 13.2. The topological polar surface area (TPSA) is 55.8 Å². The van der Waals surface area contributed by atoms with E-state index in [1.165, 1.54) is 19.1 Å². The average molecular weight is 318 g/mol. The Morgan fingerprint density at radius 2 is 1.87 bits per heavy atom. The zero-order valence-electron chi connectivity index (χ0n) is 13.1. The van der Waals surface area contributed by atoms with Gasteiger partial charge in [-0.15, -0.1) is 0 Å². The van der Waals surface area contributed by atoms with Crippen molar-refractivity contribution >= 4 is 5.97 Å². The first-order valence-electron chi connectivity index (χ1n) is 7.26. The Morgan fingerprint density at radius 3 is 2.48 bits per heavy atom. The van der Waals surface area contributed by atoms with E-state index >= 15 is 0 Å². The molecule has 0 saturated carbocycles. The molecule has 2 aromatic carbocycles. The van der Waals surface area contributed by atoms with Crippen molar-refractivity contribution in [3.63, 3.8) is 0 Å². The van der Waals surface area contributed by atoms with Crippen LogP contribution < -0.4 is 4.74 Å². The van der Waals surface area contributed by atoms with E-state index in [0.717, 1.165) is 0 Å². The first-order chi connectivity index (χ1) is 10.9. The van der Waals surface area contributed by atoms with Crippen LogP contribution in [0.5, 0.6) is 11.5 Å². The van der Waals surface area contributed by atoms with Gasteiger partial charge in [0, 0.05) is 19.4 Å². The molecule has 1 N–H and O–H groups in total. The summed E-state index contributed by atoms with van der Waals surface area (Å²) in [5.74, 6) is 0.196. The molecule has 0 aliphatic rings. The highest BCUT2D eigenvalue weighted by Crippen LogP contribution is 2.28. The molecule has 23 heavy (non-hydrogen) atoms. The number of esters is 1. The fraction of sp³-hybridized carbons (Fsp3) is 0.278. The molecule has 4 nitrogen and oxygen atoms in total. The maximum Gasteiger partial charge on any atom is 0.302 e. The molecule has 122 valence electrons. The van der Waals surface area contributed by atoms with Gasteiger partial charge < -0.3 is 14.6 Å². The predicted molar refractivity (Wildman–Crippen MR) is 83.7 cm³/mol. The number of carbonyl (C=O) groups excluding carboxylic acids is 1. The third kappa shape index (κ3) is 5.07. The number of aliphatic hydroxyl groups is 1. The lowest BCUT2D eigenvalue weighted by Crippen LogP contribution is -2.23. The second kappa shape index (κ2) is 7.24. The van der Waals surface area contributed by atoms with E-state index < -0.39 is 5.60 Å². The molecule has 0 aliphatic carbocycles. The van der Waals surface area contributed by atoms with E-state index in [4.69, 9.17) is 9.47 Å². The molecule has 0 saturated heterocycles. The van der Waals surface area contributed by atoms with Crippen LogP contribution in [0.2, 0.25) is 0 Å². The van der Waals surface area contributed by atoms with Crippen molar-refractivity contribution in [2.45, 2.75) is 25.9 Å². The minimum Gasteiger partial charge on any atom is -0.466 e. The molecule has 2 aromatic rings. The molecule has 0 fully saturated rings. The molecule has 0 radical (unpaired) electrons. The van der Waals surface area contributed by atoms with Gasteiger partial charge >= 0.3 is 5.97 Å². The average Bonchev–Trinajstić information content (AvgIpc) is 2.47. The van der Waals surface area contributed by atoms with Crippen molar-refractivity contribution < 1.29 is 23.8 Å². The van der Waals surface area contributed by atoms with Gasteiger partial charge in [0.25, 0.3) is 0 Å². The maximum absolute atomic E-state index is 13.1. The number of carbonyl (C=O) groups is 1. The standard InChI is InChI=1S/C18H19FO4/c1-13(20)22-11-10-18(2,21)14-6-8-16(9-7-14)23-17-5-3-4-15(19)12-17/h3-9,12,21H,10-11H2,1-2H3. The number of ether oxygens (including phenoxy) is 2. The second-order valence-electron chi connectivity index (χ2n) is 5.45. The zero-order valence-corrected chi connectivity index (χ0v) is 13.1. The van der Waals surface area contributed by atoms with Crippen LogP contribution in [0.3, 0.4) is 0 Å². The lowest BCUT2D eigenvalue weighted by atomic mass is 9.93. The second-order valence-corrected chi connectivity index (χ2v) is 5.45. The number of benzene rings is 2. The van der Waals surface area contributed by atoms with Crippen LogP contribution in [0.15, 0.2) is 48.5 Å². The Bertz CT molecular complexity index is 665. The molecular weight excluding hydrogens is 299 g/mol. The SMILES string of the molecule is CC(=O)OCCC(C)(O)c1ccc(Oc2cccc(F)c2)cc1. The largest absolute Gasteiger partial charge is 0.466 e. The summed E-state index contributed by atoms with van der Waals surface area (Å²) in [6.07, 6.45) is 0.288. The van der Waals surface area contributed by atoms with Crippen molar-refractivity contribution in [1.29, 1.82) is 0 Å². The third-order valence-corrected chi connectivity index (χ3v) is 3.40. The Balaban J connectivity index is 2.02. The van der Waals surface area contributed by atoms with Crippen LogP contribution in [0.25, 0.3) is 0 Å². The van der Waals surface area contributed by atoms with Gasteiger partial charge in [0.2, 0.25) is 0 Å². The quantitative estimate of drug-likeness (QED) is 0.824. The molecular formula is C18H19FO4. The summed E-state index contributed by atoms with van der Waals surface area (Å²) >= 11 is 0. The van der Waals surface area contributed by atoms with Crippen molar-refractivity contribution in [3.8, 4) is 11.5 Å². The summed E-state index contributed by atoms with van der Waals surface area (Å²) in [5, 5.41) is 10.4. The minimum absolute atomic E-state index is 0.143. The lowest BCUT2D eigenvalue weighted by molar-refractivity contribution is -0.142. The van der Waals surface area contributed by atoms with Crippen molar-refractivity contribution in [2.75, 3.05) is 6.61 Å². The molecule has 0 spiro atoms. The highest BCUT2D eigenvalue weighted by Gasteiger charge is 2.23. The molecule has 0 bridgehead atoms. The molecule has 1 atom stereocenters. The van der Waals surface area contributed by atoms with Gasteiger partial charge in [-0.1, -0.05) is 18.2 Å². The molecule has 1 unspecified atom stereocenters. The Hall–Kier alpha value is -2.40. The van der Waals surface area contributed by atoms with Gasteiger partial charge in [-0.05, 0) is 36.8 Å². The zero-order chi connectivity index (χ0) is 16.9. The highest BCUT2D eigenvalue weighted by atomic mass is 19.1. The van der Waals surface area contributed by atoms with E-state index in [0.29, 0.717) is 17.1 Å². The van der Waals surface area contributed by atoms with Crippen molar-refractivity contribution in [3.05, 3.63) is 59.9 Å². The molecule has 5 heteroatoms. The Kier molecular flexibility index (Phi) is 5.34. The van der Waals surface area contributed by atoms with Crippen LogP contribution in [-0.2, 0) is 15.1 Å². The summed E-state index contributed by atoms with van der Waals surface area (Å²) in [5.41, 5.74) is -0.441. The van der Waals surface area contributed by atoms with E-state index in [-0.39, 0.29) is 24.8 Å². The number of hydrogen-bond acceptors (Lipinski definition) is 4. The third-order valence-electron chi connectivity index (χ3n) is 3.40. The predicted octanol–water partition coefficient (Wildman–Crippen LogP) is 3.78. The monoisotopic (exact) mass is 318 g/mol. The lowest BCUT2D eigenvalue weighted by Gasteiger charge is -2.23. The molecule has 2 rings (SSSR count).